The van der Waals surface area contributed by atoms with E-state index >= 15 is 0 Å². The molecule has 2 amide bonds. The minimum Gasteiger partial charge on any atom is -0.493 e. The third-order valence-electron chi connectivity index (χ3n) is 4.52. The quantitative estimate of drug-likeness (QED) is 0.522. The number of rotatable bonds is 12. The fourth-order valence-corrected chi connectivity index (χ4v) is 2.93. The summed E-state index contributed by atoms with van der Waals surface area (Å²) in [5.74, 6) is 0.387. The molecule has 2 aromatic rings. The Bertz CT molecular complexity index is 810. The number of amides is 2. The first kappa shape index (κ1) is 23.2. The van der Waals surface area contributed by atoms with E-state index in [1.54, 1.807) is 18.2 Å². The third-order valence-corrected chi connectivity index (χ3v) is 4.52. The van der Waals surface area contributed by atoms with Crippen LogP contribution in [0.3, 0.4) is 0 Å². The summed E-state index contributed by atoms with van der Waals surface area (Å²) in [6.07, 6.45) is 1.10. The fraction of sp³-hybridized carbons (Fsp3) is 0.391. The highest BCUT2D eigenvalue weighted by Gasteiger charge is 2.22. The molecule has 2 N–H and O–H groups in total. The minimum absolute atomic E-state index is 0.232. The van der Waals surface area contributed by atoms with E-state index in [0.29, 0.717) is 49.7 Å². The van der Waals surface area contributed by atoms with Crippen LogP contribution < -0.4 is 20.1 Å². The van der Waals surface area contributed by atoms with Crippen molar-refractivity contribution in [2.45, 2.75) is 25.8 Å². The summed E-state index contributed by atoms with van der Waals surface area (Å²) in [7, 11) is 3.04. The second-order valence-electron chi connectivity index (χ2n) is 6.63. The van der Waals surface area contributed by atoms with E-state index in [9.17, 15) is 9.59 Å². The fourth-order valence-electron chi connectivity index (χ4n) is 2.93. The highest BCUT2D eigenvalue weighted by atomic mass is 16.5. The zero-order valence-corrected chi connectivity index (χ0v) is 17.8. The van der Waals surface area contributed by atoms with E-state index in [2.05, 4.69) is 10.6 Å². The van der Waals surface area contributed by atoms with Crippen LogP contribution in [0.5, 0.6) is 11.5 Å². The van der Waals surface area contributed by atoms with Gasteiger partial charge in [-0.15, -0.1) is 0 Å². The first-order valence-electron chi connectivity index (χ1n) is 10.0. The Kier molecular flexibility index (Phi) is 9.67. The Hall–Kier alpha value is -3.06. The molecule has 7 nitrogen and oxygen atoms in total. The maximum atomic E-state index is 12.8. The average Bonchev–Trinajstić information content (AvgIpc) is 2.78. The third kappa shape index (κ3) is 7.08. The smallest absolute Gasteiger partial charge is 0.252 e. The van der Waals surface area contributed by atoms with Gasteiger partial charge >= 0.3 is 0 Å². The summed E-state index contributed by atoms with van der Waals surface area (Å²) in [5, 5.41) is 5.73. The minimum atomic E-state index is -0.708. The summed E-state index contributed by atoms with van der Waals surface area (Å²) in [6.45, 7) is 3.64. The van der Waals surface area contributed by atoms with Crippen molar-refractivity contribution in [2.24, 2.45) is 0 Å². The lowest BCUT2D eigenvalue weighted by molar-refractivity contribution is -0.123. The molecule has 0 saturated heterocycles. The molecular formula is C23H30N2O5. The molecule has 0 bridgehead atoms. The Balaban J connectivity index is 2.09. The number of ether oxygens (including phenoxy) is 3. The van der Waals surface area contributed by atoms with Gasteiger partial charge in [-0.1, -0.05) is 30.3 Å². The zero-order valence-electron chi connectivity index (χ0n) is 17.8. The Morgan fingerprint density at radius 1 is 1.00 bits per heavy atom. The number of benzene rings is 2. The predicted octanol–water partition coefficient (Wildman–Crippen LogP) is 2.59. The summed E-state index contributed by atoms with van der Waals surface area (Å²) in [4.78, 5) is 25.6. The predicted molar refractivity (Wildman–Crippen MR) is 115 cm³/mol. The number of carbonyl (C=O) groups excluding carboxylic acids is 2. The van der Waals surface area contributed by atoms with E-state index in [-0.39, 0.29) is 11.8 Å². The lowest BCUT2D eigenvalue weighted by Gasteiger charge is -2.19. The van der Waals surface area contributed by atoms with Gasteiger partial charge in [0.1, 0.15) is 6.04 Å². The van der Waals surface area contributed by atoms with Crippen LogP contribution in [0.2, 0.25) is 0 Å². The number of methoxy groups -OCH3 is 2. The van der Waals surface area contributed by atoms with E-state index in [4.69, 9.17) is 14.2 Å². The lowest BCUT2D eigenvalue weighted by atomic mass is 10.0. The molecule has 30 heavy (non-hydrogen) atoms. The first-order chi connectivity index (χ1) is 14.6. The number of nitrogens with one attached hydrogen (secondary N) is 2. The van der Waals surface area contributed by atoms with Gasteiger partial charge < -0.3 is 24.8 Å². The van der Waals surface area contributed by atoms with Crippen molar-refractivity contribution in [3.05, 3.63) is 59.7 Å². The molecule has 0 aliphatic rings. The molecule has 2 aromatic carbocycles. The molecule has 0 saturated carbocycles. The van der Waals surface area contributed by atoms with Crippen molar-refractivity contribution in [3.8, 4) is 11.5 Å². The van der Waals surface area contributed by atoms with Crippen molar-refractivity contribution in [3.63, 3.8) is 0 Å². The van der Waals surface area contributed by atoms with Crippen molar-refractivity contribution < 1.29 is 23.8 Å². The molecule has 2 rings (SSSR count). The molecule has 0 fully saturated rings. The Morgan fingerprint density at radius 2 is 1.73 bits per heavy atom. The topological polar surface area (TPSA) is 85.9 Å². The van der Waals surface area contributed by atoms with Gasteiger partial charge in [-0.2, -0.15) is 0 Å². The van der Waals surface area contributed by atoms with Crippen LogP contribution in [-0.4, -0.2) is 51.8 Å². The van der Waals surface area contributed by atoms with E-state index < -0.39 is 6.04 Å². The number of hydrogen-bond acceptors (Lipinski definition) is 5. The molecule has 162 valence electrons. The summed E-state index contributed by atoms with van der Waals surface area (Å²) < 4.78 is 15.8. The molecule has 7 heteroatoms. The van der Waals surface area contributed by atoms with Crippen molar-refractivity contribution in [1.29, 1.82) is 0 Å². The van der Waals surface area contributed by atoms with E-state index in [1.807, 2.05) is 37.3 Å². The van der Waals surface area contributed by atoms with Gasteiger partial charge in [0.25, 0.3) is 5.91 Å². The normalized spacial score (nSPS) is 11.4. The maximum Gasteiger partial charge on any atom is 0.252 e. The van der Waals surface area contributed by atoms with Gasteiger partial charge in [-0.05, 0) is 37.1 Å². The molecule has 1 atom stereocenters. The van der Waals surface area contributed by atoms with Gasteiger partial charge in [0.2, 0.25) is 5.91 Å². The van der Waals surface area contributed by atoms with Crippen LogP contribution in [0.4, 0.5) is 0 Å². The van der Waals surface area contributed by atoms with Gasteiger partial charge in [0.05, 0.1) is 14.2 Å². The SMILES string of the molecule is CCOCCCNC(=O)C(Cc1ccccc1)NC(=O)c1ccc(OC)c(OC)c1. The van der Waals surface area contributed by atoms with Crippen LogP contribution in [0.15, 0.2) is 48.5 Å². The number of carbonyl (C=O) groups is 2. The molecule has 0 aromatic heterocycles. The molecule has 0 heterocycles. The second-order valence-corrected chi connectivity index (χ2v) is 6.63. The van der Waals surface area contributed by atoms with E-state index in [1.165, 1.54) is 14.2 Å². The lowest BCUT2D eigenvalue weighted by Crippen LogP contribution is -2.48. The molecule has 0 spiro atoms. The van der Waals surface area contributed by atoms with Crippen molar-refractivity contribution >= 4 is 11.8 Å². The Morgan fingerprint density at radius 3 is 2.40 bits per heavy atom. The maximum absolute atomic E-state index is 12.8. The monoisotopic (exact) mass is 414 g/mol. The van der Waals surface area contributed by atoms with Crippen LogP contribution in [0, 0.1) is 0 Å². The summed E-state index contributed by atoms with van der Waals surface area (Å²) in [5.41, 5.74) is 1.34. The molecule has 1 unspecified atom stereocenters. The largest absolute Gasteiger partial charge is 0.493 e. The molecule has 0 radical (unpaired) electrons. The van der Waals surface area contributed by atoms with Gasteiger partial charge in [0, 0.05) is 31.7 Å². The highest BCUT2D eigenvalue weighted by molar-refractivity contribution is 5.98. The average molecular weight is 415 g/mol. The van der Waals surface area contributed by atoms with Gasteiger partial charge in [-0.3, -0.25) is 9.59 Å². The van der Waals surface area contributed by atoms with Crippen LogP contribution >= 0.6 is 0 Å². The highest BCUT2D eigenvalue weighted by Crippen LogP contribution is 2.27. The number of hydrogen-bond donors (Lipinski definition) is 2. The Labute approximate surface area is 177 Å². The zero-order chi connectivity index (χ0) is 21.8. The molecule has 0 aliphatic carbocycles. The second kappa shape index (κ2) is 12.5. The van der Waals surface area contributed by atoms with Crippen LogP contribution in [-0.2, 0) is 16.0 Å². The van der Waals surface area contributed by atoms with Crippen molar-refractivity contribution in [1.82, 2.24) is 10.6 Å². The summed E-state index contributed by atoms with van der Waals surface area (Å²) in [6, 6.07) is 13.8. The summed E-state index contributed by atoms with van der Waals surface area (Å²) >= 11 is 0. The van der Waals surface area contributed by atoms with E-state index in [0.717, 1.165) is 5.56 Å². The molecule has 0 aliphatic heterocycles. The van der Waals surface area contributed by atoms with Crippen LogP contribution in [0.25, 0.3) is 0 Å². The van der Waals surface area contributed by atoms with Gasteiger partial charge in [0.15, 0.2) is 11.5 Å². The first-order valence-corrected chi connectivity index (χ1v) is 10.0. The van der Waals surface area contributed by atoms with Gasteiger partial charge in [-0.25, -0.2) is 0 Å². The molecular weight excluding hydrogens is 384 g/mol. The van der Waals surface area contributed by atoms with Crippen LogP contribution in [0.1, 0.15) is 29.3 Å². The standard InChI is InChI=1S/C23H30N2O5/c1-4-30-14-8-13-24-23(27)19(15-17-9-6-5-7-10-17)25-22(26)18-11-12-20(28-2)21(16-18)29-3/h5-7,9-12,16,19H,4,8,13-15H2,1-3H3,(H,24,27)(H,25,26). The van der Waals surface area contributed by atoms with Crippen molar-refractivity contribution in [2.75, 3.05) is 34.0 Å².